The van der Waals surface area contributed by atoms with Crippen LogP contribution >= 0.6 is 11.6 Å². The van der Waals surface area contributed by atoms with E-state index in [1.807, 2.05) is 6.08 Å². The molecule has 1 saturated carbocycles. The van der Waals surface area contributed by atoms with Gasteiger partial charge >= 0.3 is 29.8 Å². The quantitative estimate of drug-likeness (QED) is 0.0176. The van der Waals surface area contributed by atoms with Crippen LogP contribution in [0, 0.1) is 10.8 Å². The highest BCUT2D eigenvalue weighted by molar-refractivity contribution is 6.70. The van der Waals surface area contributed by atoms with Gasteiger partial charge in [-0.2, -0.15) is 0 Å². The summed E-state index contributed by atoms with van der Waals surface area (Å²) >= 11 is 5.49. The number of Topliss-reactive ketones (excluding diaryl/α,β-unsaturated/α-hetero) is 1. The second-order valence-corrected chi connectivity index (χ2v) is 27.4. The van der Waals surface area contributed by atoms with Gasteiger partial charge in [-0.15, -0.1) is 0 Å². The molecule has 1 heterocycles. The predicted octanol–water partition coefficient (Wildman–Crippen LogP) is 11.2. The number of esters is 5. The van der Waals surface area contributed by atoms with Crippen LogP contribution in [-0.4, -0.2) is 136 Å². The van der Waals surface area contributed by atoms with Crippen molar-refractivity contribution in [2.24, 2.45) is 10.8 Å². The molecule has 2 fully saturated rings. The van der Waals surface area contributed by atoms with Crippen LogP contribution in [0.25, 0.3) is 0 Å². The number of rotatable bonds is 20. The first-order valence-electron chi connectivity index (χ1n) is 24.4. The molecule has 2 atom stereocenters. The number of hydrogen-bond donors (Lipinski definition) is 1. The van der Waals surface area contributed by atoms with Crippen molar-refractivity contribution in [2.45, 2.75) is 137 Å². The summed E-state index contributed by atoms with van der Waals surface area (Å²) in [4.78, 5) is 65.6. The van der Waals surface area contributed by atoms with Gasteiger partial charge in [-0.25, -0.2) is 31.9 Å². The SMILES string of the molecule is C=C(CF)C(=O)OCC.C=C(CF)C(=O)OCC.C=C(CO)C(=O)OCC.C=CC(=C)O[Si](C)(C)C.CCOC(=O)C1(CF)CC=C(O[Si](C)(C)C)CC1.CCOC(=O)C1(CF)CCC(=O)CC1.ClC1CCCO1. The third-order valence-electron chi connectivity index (χ3n) is 9.45. The maximum Gasteiger partial charge on any atom is 0.336 e. The topological polar surface area (TPSA) is 196 Å². The van der Waals surface area contributed by atoms with Crippen molar-refractivity contribution in [3.63, 3.8) is 0 Å². The molecule has 15 nitrogen and oxygen atoms in total. The molecule has 428 valence electrons. The third kappa shape index (κ3) is 37.2. The number of hydrogen-bond acceptors (Lipinski definition) is 15. The highest BCUT2D eigenvalue weighted by Crippen LogP contribution is 2.39. The Hall–Kier alpha value is -4.58. The van der Waals surface area contributed by atoms with Crippen molar-refractivity contribution in [1.29, 1.82) is 0 Å². The maximum absolute atomic E-state index is 13.2. The van der Waals surface area contributed by atoms with Gasteiger partial charge in [0.15, 0.2) is 0 Å². The van der Waals surface area contributed by atoms with Crippen LogP contribution in [0.1, 0.15) is 92.4 Å². The van der Waals surface area contributed by atoms with E-state index in [4.69, 9.17) is 39.8 Å². The fraction of sp³-hybridized carbons (Fsp3) is 0.654. The Kier molecular flexibility index (Phi) is 43.7. The van der Waals surface area contributed by atoms with Crippen LogP contribution in [0.5, 0.6) is 0 Å². The zero-order chi connectivity index (χ0) is 58.1. The summed E-state index contributed by atoms with van der Waals surface area (Å²) in [5, 5.41) is 8.33. The van der Waals surface area contributed by atoms with Gasteiger partial charge < -0.3 is 42.4 Å². The molecule has 0 spiro atoms. The highest BCUT2D eigenvalue weighted by atomic mass is 35.5. The number of ether oxygens (including phenoxy) is 6. The van der Waals surface area contributed by atoms with Gasteiger partial charge in [0, 0.05) is 25.9 Å². The Morgan fingerprint density at radius 2 is 1.09 bits per heavy atom. The minimum absolute atomic E-state index is 0.0185. The Morgan fingerprint density at radius 3 is 1.35 bits per heavy atom. The molecule has 1 aliphatic heterocycles. The number of aliphatic hydroxyl groups excluding tert-OH is 1. The highest BCUT2D eigenvalue weighted by Gasteiger charge is 2.43. The normalized spacial score (nSPS) is 17.1. The molecule has 3 rings (SSSR count). The van der Waals surface area contributed by atoms with Crippen molar-refractivity contribution in [3.05, 3.63) is 73.3 Å². The van der Waals surface area contributed by atoms with Gasteiger partial charge in [0.25, 0.3) is 0 Å². The lowest BCUT2D eigenvalue weighted by Crippen LogP contribution is -2.39. The summed E-state index contributed by atoms with van der Waals surface area (Å²) in [5.74, 6) is -1.04. The third-order valence-corrected chi connectivity index (χ3v) is 11.5. The molecule has 0 aromatic heterocycles. The fourth-order valence-electron chi connectivity index (χ4n) is 5.54. The molecule has 0 aromatic carbocycles. The smallest absolute Gasteiger partial charge is 0.336 e. The summed E-state index contributed by atoms with van der Waals surface area (Å²) in [7, 11) is -3.03. The Morgan fingerprint density at radius 1 is 0.689 bits per heavy atom. The first-order valence-corrected chi connectivity index (χ1v) is 31.6. The number of carbonyl (C=O) groups excluding carboxylic acids is 6. The monoisotopic (exact) mass is 1120 g/mol. The minimum atomic E-state index is -1.62. The number of ketones is 1. The van der Waals surface area contributed by atoms with E-state index in [0.717, 1.165) is 25.2 Å². The maximum atomic E-state index is 13.2. The van der Waals surface area contributed by atoms with E-state index < -0.39 is 84.0 Å². The minimum Gasteiger partial charge on any atom is -0.548 e. The average molecular weight is 1120 g/mol. The standard InChI is InChI=1S/C13H23FO3Si.C10H15FO3.C7H14OSi.2C6H9FO2.C6H10O3.C4H7ClO/c1-5-16-12(15)13(10-14)8-6-11(7-9-13)17-18(2,3)4;1-2-14-9(13)10(7-11)5-3-8(12)4-6-10;1-6-7(2)8-9(3,4)5;3*1-3-9-6(8)5(2)4-7;5-4-2-1-3-6-4/h6H,5,7-10H2,1-4H3;2-7H2,1H3;6H,1-2H2,3-5H3;2*2-4H2,1H3;7H,2-4H2,1H3;4H,1-3H2. The van der Waals surface area contributed by atoms with Crippen molar-refractivity contribution in [3.8, 4) is 0 Å². The van der Waals surface area contributed by atoms with Crippen LogP contribution in [0.3, 0.4) is 0 Å². The summed E-state index contributed by atoms with van der Waals surface area (Å²) in [6.07, 6.45) is 8.30. The lowest BCUT2D eigenvalue weighted by atomic mass is 9.74. The Labute approximate surface area is 445 Å². The van der Waals surface area contributed by atoms with Crippen LogP contribution in [-0.2, 0) is 66.0 Å². The second kappa shape index (κ2) is 42.6. The molecule has 2 unspecified atom stereocenters. The molecule has 1 saturated heterocycles. The van der Waals surface area contributed by atoms with Crippen LogP contribution in [0.2, 0.25) is 39.3 Å². The molecule has 74 heavy (non-hydrogen) atoms. The second-order valence-electron chi connectivity index (χ2n) is 18.1. The zero-order valence-electron chi connectivity index (χ0n) is 46.0. The zero-order valence-corrected chi connectivity index (χ0v) is 48.7. The van der Waals surface area contributed by atoms with E-state index >= 15 is 0 Å². The largest absolute Gasteiger partial charge is 0.548 e. The van der Waals surface area contributed by atoms with E-state index in [9.17, 15) is 46.3 Å². The van der Waals surface area contributed by atoms with Gasteiger partial charge in [0.05, 0.1) is 73.3 Å². The molecule has 0 aromatic rings. The number of allylic oxidation sites excluding steroid dienone is 3. The lowest BCUT2D eigenvalue weighted by Gasteiger charge is -2.33. The van der Waals surface area contributed by atoms with Gasteiger partial charge in [0.2, 0.25) is 16.6 Å². The molecule has 0 bridgehead atoms. The average Bonchev–Trinajstić information content (AvgIpc) is 3.85. The number of aliphatic hydroxyl groups is 1. The Balaban J connectivity index is -0.000000397. The van der Waals surface area contributed by atoms with Crippen LogP contribution < -0.4 is 0 Å². The first kappa shape index (κ1) is 75.9. The van der Waals surface area contributed by atoms with E-state index in [-0.39, 0.29) is 54.5 Å². The van der Waals surface area contributed by atoms with E-state index in [2.05, 4.69) is 86.4 Å². The number of carbonyl (C=O) groups is 6. The molecule has 22 heteroatoms. The van der Waals surface area contributed by atoms with Gasteiger partial charge in [-0.05, 0) is 125 Å². The van der Waals surface area contributed by atoms with Crippen LogP contribution in [0.4, 0.5) is 17.6 Å². The van der Waals surface area contributed by atoms with Crippen molar-refractivity contribution in [2.75, 3.05) is 72.9 Å². The van der Waals surface area contributed by atoms with E-state index in [1.165, 1.54) is 0 Å². The van der Waals surface area contributed by atoms with Gasteiger partial charge in [-0.1, -0.05) is 44.5 Å². The van der Waals surface area contributed by atoms with E-state index in [0.29, 0.717) is 63.9 Å². The molecule has 3 aliphatic rings. The van der Waals surface area contributed by atoms with Crippen molar-refractivity contribution < 1.29 is 88.7 Å². The van der Waals surface area contributed by atoms with Crippen molar-refractivity contribution >= 4 is 63.9 Å². The van der Waals surface area contributed by atoms with Crippen LogP contribution in [0.15, 0.2) is 73.3 Å². The van der Waals surface area contributed by atoms with Gasteiger partial charge in [-0.3, -0.25) is 14.4 Å². The van der Waals surface area contributed by atoms with E-state index in [1.54, 1.807) is 40.7 Å². The summed E-state index contributed by atoms with van der Waals surface area (Å²) in [6, 6.07) is 0. The molecule has 1 N–H and O–H groups in total. The summed E-state index contributed by atoms with van der Waals surface area (Å²) in [6.45, 7) is 36.7. The number of alkyl halides is 5. The molecular formula is C52H87ClF4O15Si2. The summed E-state index contributed by atoms with van der Waals surface area (Å²) in [5.41, 5.74) is -2.16. The Bertz CT molecular complexity index is 1700. The van der Waals surface area contributed by atoms with Gasteiger partial charge in [0.1, 0.15) is 43.5 Å². The fourth-order valence-corrected chi connectivity index (χ4v) is 7.62. The molecule has 2 aliphatic carbocycles. The number of halogens is 5. The molecular weight excluding hydrogens is 1030 g/mol. The summed E-state index contributed by atoms with van der Waals surface area (Å²) < 4.78 is 88.5. The molecule has 0 amide bonds. The predicted molar refractivity (Wildman–Crippen MR) is 285 cm³/mol. The first-order chi connectivity index (χ1) is 34.5. The lowest BCUT2D eigenvalue weighted by molar-refractivity contribution is -0.159. The molecule has 0 radical (unpaired) electrons. The van der Waals surface area contributed by atoms with Crippen molar-refractivity contribution in [1.82, 2.24) is 0 Å².